The number of methoxy groups -OCH3 is 1. The van der Waals surface area contributed by atoms with Crippen molar-refractivity contribution in [2.45, 2.75) is 18.0 Å². The molecule has 6 heteroatoms. The molecule has 0 spiro atoms. The molecule has 0 saturated carbocycles. The normalized spacial score (nSPS) is 10.9. The number of hydrogen-bond donors (Lipinski definition) is 0. The van der Waals surface area contributed by atoms with Gasteiger partial charge in [0.05, 0.1) is 20.2 Å². The van der Waals surface area contributed by atoms with E-state index in [1.807, 2.05) is 83.3 Å². The Kier molecular flexibility index (Phi) is 7.14. The van der Waals surface area contributed by atoms with E-state index in [4.69, 9.17) is 4.74 Å². The monoisotopic (exact) mass is 412 g/mol. The molecule has 0 unspecified atom stereocenters. The summed E-state index contributed by atoms with van der Waals surface area (Å²) < 4.78 is 7.51. The summed E-state index contributed by atoms with van der Waals surface area (Å²) in [6.07, 6.45) is 0. The zero-order valence-corrected chi connectivity index (χ0v) is 17.9. The minimum absolute atomic E-state index is 0.0145. The van der Waals surface area contributed by atoms with Gasteiger partial charge in [0.2, 0.25) is 0 Å². The van der Waals surface area contributed by atoms with Gasteiger partial charge in [-0.1, -0.05) is 24.3 Å². The van der Waals surface area contributed by atoms with Gasteiger partial charge in [-0.2, -0.15) is 0 Å². The Labute approximate surface area is 174 Å². The van der Waals surface area contributed by atoms with E-state index in [0.717, 1.165) is 21.1 Å². The van der Waals surface area contributed by atoms with E-state index in [1.165, 1.54) is 0 Å². The molecule has 0 bridgehead atoms. The van der Waals surface area contributed by atoms with Crippen molar-refractivity contribution in [3.63, 3.8) is 0 Å². The lowest BCUT2D eigenvalue weighted by molar-refractivity contribution is 0.0730. The molecule has 0 aliphatic heterocycles. The van der Waals surface area contributed by atoms with Crippen LogP contribution in [0.4, 0.5) is 0 Å². The van der Waals surface area contributed by atoms with Crippen molar-refractivity contribution in [1.29, 1.82) is 0 Å². The lowest BCUT2D eigenvalue weighted by atomic mass is 10.1. The molecule has 2 aromatic carbocycles. The lowest BCUT2D eigenvalue weighted by Crippen LogP contribution is -2.30. The Balaban J connectivity index is 1.84. The number of rotatable bonds is 8. The molecular weight excluding hydrogens is 388 g/mol. The molecule has 0 aliphatic rings. The van der Waals surface area contributed by atoms with Crippen LogP contribution < -0.4 is 4.74 Å². The van der Waals surface area contributed by atoms with Crippen molar-refractivity contribution in [3.8, 4) is 5.75 Å². The first-order chi connectivity index (χ1) is 13.6. The van der Waals surface area contributed by atoms with Crippen LogP contribution in [0.2, 0.25) is 0 Å². The summed E-state index contributed by atoms with van der Waals surface area (Å²) in [4.78, 5) is 17.4. The first-order valence-electron chi connectivity index (χ1n) is 8.95. The second kappa shape index (κ2) is 9.78. The van der Waals surface area contributed by atoms with E-state index in [-0.39, 0.29) is 5.91 Å². The Morgan fingerprint density at radius 1 is 1.00 bits per heavy atom. The van der Waals surface area contributed by atoms with Gasteiger partial charge in [0.1, 0.15) is 5.75 Å². The van der Waals surface area contributed by atoms with E-state index in [2.05, 4.69) is 6.07 Å². The number of carbonyl (C=O) groups excluding carboxylic acids is 1. The third kappa shape index (κ3) is 5.38. The second-order valence-electron chi connectivity index (χ2n) is 6.48. The fourth-order valence-corrected chi connectivity index (χ4v) is 4.28. The number of hydrogen-bond acceptors (Lipinski definition) is 5. The van der Waals surface area contributed by atoms with Crippen LogP contribution in [0.25, 0.3) is 0 Å². The molecule has 0 saturated heterocycles. The molecule has 3 aromatic rings. The van der Waals surface area contributed by atoms with Crippen molar-refractivity contribution >= 4 is 29.2 Å². The van der Waals surface area contributed by atoms with E-state index >= 15 is 0 Å². The van der Waals surface area contributed by atoms with Crippen LogP contribution >= 0.6 is 23.3 Å². The number of amides is 1. The van der Waals surface area contributed by atoms with Gasteiger partial charge in [-0.05, 0) is 67.8 Å². The van der Waals surface area contributed by atoms with Crippen molar-refractivity contribution in [2.24, 2.45) is 0 Å². The quantitative estimate of drug-likeness (QED) is 0.478. The first-order valence-corrected chi connectivity index (χ1v) is 10.6. The fourth-order valence-electron chi connectivity index (χ4n) is 2.88. The summed E-state index contributed by atoms with van der Waals surface area (Å²) >= 11 is 3.29. The average Bonchev–Trinajstić information content (AvgIpc) is 3.20. The topological polar surface area (TPSA) is 32.8 Å². The van der Waals surface area contributed by atoms with E-state index in [9.17, 15) is 4.79 Å². The van der Waals surface area contributed by atoms with Crippen LogP contribution in [0.5, 0.6) is 5.75 Å². The Hall–Kier alpha value is -2.28. The Morgan fingerprint density at radius 2 is 1.75 bits per heavy atom. The second-order valence-corrected chi connectivity index (χ2v) is 8.90. The molecule has 0 radical (unpaired) electrons. The molecule has 0 fully saturated rings. The van der Waals surface area contributed by atoms with Crippen LogP contribution in [0.3, 0.4) is 0 Å². The number of ether oxygens (including phenoxy) is 1. The maximum atomic E-state index is 13.3. The van der Waals surface area contributed by atoms with Crippen LogP contribution in [0.1, 0.15) is 20.8 Å². The van der Waals surface area contributed by atoms with Crippen molar-refractivity contribution in [2.75, 3.05) is 21.2 Å². The van der Waals surface area contributed by atoms with Gasteiger partial charge in [-0.15, -0.1) is 11.3 Å². The van der Waals surface area contributed by atoms with Gasteiger partial charge in [0.25, 0.3) is 5.91 Å². The van der Waals surface area contributed by atoms with Gasteiger partial charge in [0, 0.05) is 20.9 Å². The summed E-state index contributed by atoms with van der Waals surface area (Å²) in [5.41, 5.74) is 1.68. The highest BCUT2D eigenvalue weighted by atomic mass is 32.2. The van der Waals surface area contributed by atoms with Crippen LogP contribution in [-0.4, -0.2) is 36.3 Å². The highest BCUT2D eigenvalue weighted by molar-refractivity contribution is 7.97. The van der Waals surface area contributed by atoms with Crippen LogP contribution in [0, 0.1) is 0 Å². The van der Waals surface area contributed by atoms with Crippen LogP contribution in [-0.2, 0) is 13.1 Å². The highest BCUT2D eigenvalue weighted by Crippen LogP contribution is 2.24. The van der Waals surface area contributed by atoms with Crippen LogP contribution in [0.15, 0.2) is 70.9 Å². The Morgan fingerprint density at radius 3 is 2.39 bits per heavy atom. The molecule has 0 atom stereocenters. The van der Waals surface area contributed by atoms with Gasteiger partial charge in [-0.3, -0.25) is 9.10 Å². The largest absolute Gasteiger partial charge is 0.496 e. The van der Waals surface area contributed by atoms with Gasteiger partial charge >= 0.3 is 0 Å². The third-order valence-corrected chi connectivity index (χ3v) is 5.87. The third-order valence-electron chi connectivity index (χ3n) is 4.16. The minimum atomic E-state index is 0.0145. The number of nitrogens with zero attached hydrogens (tertiary/aromatic N) is 2. The standard InChI is InChI=1S/C22H24N2O2S2/c1-23(2)28-19-12-10-17(11-13-19)22(25)24(16-20-8-6-14-27-20)15-18-7-4-5-9-21(18)26-3/h4-14H,15-16H2,1-3H3. The molecule has 28 heavy (non-hydrogen) atoms. The van der Waals surface area contributed by atoms with Gasteiger partial charge in [-0.25, -0.2) is 0 Å². The fraction of sp³-hybridized carbons (Fsp3) is 0.227. The molecule has 3 rings (SSSR count). The summed E-state index contributed by atoms with van der Waals surface area (Å²) in [5, 5.41) is 2.04. The predicted octanol–water partition coefficient (Wildman–Crippen LogP) is 5.17. The highest BCUT2D eigenvalue weighted by Gasteiger charge is 2.19. The number of carbonyl (C=O) groups is 1. The predicted molar refractivity (Wildman–Crippen MR) is 117 cm³/mol. The van der Waals surface area contributed by atoms with Crippen molar-refractivity contribution in [3.05, 3.63) is 82.0 Å². The summed E-state index contributed by atoms with van der Waals surface area (Å²) in [6, 6.07) is 19.7. The molecule has 1 aromatic heterocycles. The van der Waals surface area contributed by atoms with Gasteiger partial charge in [0.15, 0.2) is 0 Å². The summed E-state index contributed by atoms with van der Waals surface area (Å²) in [5.74, 6) is 0.810. The zero-order valence-electron chi connectivity index (χ0n) is 16.3. The first kappa shape index (κ1) is 20.5. The maximum Gasteiger partial charge on any atom is 0.254 e. The lowest BCUT2D eigenvalue weighted by Gasteiger charge is -2.23. The van der Waals surface area contributed by atoms with Gasteiger partial charge < -0.3 is 9.64 Å². The molecule has 1 heterocycles. The average molecular weight is 413 g/mol. The molecular formula is C22H24N2O2S2. The smallest absolute Gasteiger partial charge is 0.254 e. The number of thiophene rings is 1. The van der Waals surface area contributed by atoms with E-state index < -0.39 is 0 Å². The molecule has 1 amide bonds. The zero-order chi connectivity index (χ0) is 19.9. The molecule has 4 nitrogen and oxygen atoms in total. The van der Waals surface area contributed by atoms with E-state index in [0.29, 0.717) is 18.7 Å². The summed E-state index contributed by atoms with van der Waals surface area (Å²) in [6.45, 7) is 1.07. The SMILES string of the molecule is COc1ccccc1CN(Cc1cccs1)C(=O)c1ccc(SN(C)C)cc1. The summed E-state index contributed by atoms with van der Waals surface area (Å²) in [7, 11) is 5.66. The molecule has 0 N–H and O–H groups in total. The number of benzene rings is 2. The molecule has 146 valence electrons. The number of para-hydroxylation sites is 1. The van der Waals surface area contributed by atoms with Crippen molar-refractivity contribution < 1.29 is 9.53 Å². The Bertz CT molecular complexity index is 893. The van der Waals surface area contributed by atoms with E-state index in [1.54, 1.807) is 30.4 Å². The maximum absolute atomic E-state index is 13.3. The van der Waals surface area contributed by atoms with Crippen molar-refractivity contribution in [1.82, 2.24) is 9.21 Å². The minimum Gasteiger partial charge on any atom is -0.496 e. The molecule has 0 aliphatic carbocycles.